The van der Waals surface area contributed by atoms with Gasteiger partial charge in [-0.3, -0.25) is 9.59 Å². The second kappa shape index (κ2) is 9.74. The van der Waals surface area contributed by atoms with Gasteiger partial charge >= 0.3 is 5.97 Å². The number of aliphatic carboxylic acids is 1. The lowest BCUT2D eigenvalue weighted by atomic mass is 9.47. The second-order valence-corrected chi connectivity index (χ2v) is 12.8. The smallest absolute Gasteiger partial charge is 0.312 e. The fourth-order valence-corrected chi connectivity index (χ4v) is 8.73. The van der Waals surface area contributed by atoms with Gasteiger partial charge in [0, 0.05) is 6.04 Å². The van der Waals surface area contributed by atoms with E-state index >= 15 is 0 Å². The molecule has 4 nitrogen and oxygen atoms in total. The number of rotatable bonds is 8. The van der Waals surface area contributed by atoms with Gasteiger partial charge in [0.2, 0.25) is 5.91 Å². The fraction of sp³-hybridized carbons (Fsp3) is 0.862. The van der Waals surface area contributed by atoms with E-state index in [0.29, 0.717) is 5.41 Å². The van der Waals surface area contributed by atoms with Crippen LogP contribution in [0, 0.1) is 40.4 Å². The Labute approximate surface area is 201 Å². The zero-order chi connectivity index (χ0) is 23.8. The molecule has 3 saturated carbocycles. The minimum atomic E-state index is -1.05. The molecule has 2 N–H and O–H groups in total. The van der Waals surface area contributed by atoms with Crippen molar-refractivity contribution in [1.29, 1.82) is 0 Å². The minimum Gasteiger partial charge on any atom is -0.481 e. The second-order valence-electron chi connectivity index (χ2n) is 12.8. The molecule has 0 aliphatic heterocycles. The fourth-order valence-electron chi connectivity index (χ4n) is 8.73. The predicted molar refractivity (Wildman–Crippen MR) is 133 cm³/mol. The maximum absolute atomic E-state index is 12.0. The molecule has 0 saturated heterocycles. The van der Waals surface area contributed by atoms with Crippen LogP contribution in [0.2, 0.25) is 0 Å². The van der Waals surface area contributed by atoms with Crippen molar-refractivity contribution < 1.29 is 14.7 Å². The zero-order valence-corrected chi connectivity index (χ0v) is 21.5. The van der Waals surface area contributed by atoms with E-state index in [-0.39, 0.29) is 17.4 Å². The molecular weight excluding hydrogens is 410 g/mol. The summed E-state index contributed by atoms with van der Waals surface area (Å²) in [5, 5.41) is 11.9. The average molecular weight is 458 g/mol. The molecule has 7 unspecified atom stereocenters. The molecule has 7 atom stereocenters. The van der Waals surface area contributed by atoms with Gasteiger partial charge in [-0.2, -0.15) is 0 Å². The van der Waals surface area contributed by atoms with Crippen LogP contribution in [0.1, 0.15) is 111 Å². The number of fused-ring (bicyclic) bond motifs is 5. The van der Waals surface area contributed by atoms with Gasteiger partial charge in [0.1, 0.15) is 6.42 Å². The quantitative estimate of drug-likeness (QED) is 0.241. The van der Waals surface area contributed by atoms with Crippen LogP contribution in [-0.4, -0.2) is 23.0 Å². The highest BCUT2D eigenvalue weighted by atomic mass is 16.4. The van der Waals surface area contributed by atoms with Crippen LogP contribution in [0.5, 0.6) is 0 Å². The van der Waals surface area contributed by atoms with Crippen molar-refractivity contribution in [2.24, 2.45) is 40.4 Å². The molecule has 1 amide bonds. The lowest BCUT2D eigenvalue weighted by Gasteiger charge is -2.58. The topological polar surface area (TPSA) is 66.4 Å². The van der Waals surface area contributed by atoms with Crippen LogP contribution < -0.4 is 5.32 Å². The Hall–Kier alpha value is -1.32. The Kier molecular flexibility index (Phi) is 7.32. The van der Waals surface area contributed by atoms with Gasteiger partial charge in [0.15, 0.2) is 0 Å². The number of unbranched alkanes of at least 4 members (excludes halogenated alkanes) is 1. The molecule has 4 aliphatic carbocycles. The minimum absolute atomic E-state index is 0.100. The van der Waals surface area contributed by atoms with E-state index in [1.54, 1.807) is 5.57 Å². The summed E-state index contributed by atoms with van der Waals surface area (Å²) >= 11 is 0. The Morgan fingerprint density at radius 3 is 2.61 bits per heavy atom. The van der Waals surface area contributed by atoms with Crippen LogP contribution in [-0.2, 0) is 9.59 Å². The van der Waals surface area contributed by atoms with Crippen LogP contribution in [0.3, 0.4) is 0 Å². The Balaban J connectivity index is 1.40. The van der Waals surface area contributed by atoms with E-state index in [2.05, 4.69) is 39.1 Å². The van der Waals surface area contributed by atoms with Crippen molar-refractivity contribution >= 4 is 11.9 Å². The Morgan fingerprint density at radius 2 is 1.88 bits per heavy atom. The number of carbonyl (C=O) groups is 2. The van der Waals surface area contributed by atoms with Crippen LogP contribution in [0.25, 0.3) is 0 Å². The molecule has 0 aromatic carbocycles. The van der Waals surface area contributed by atoms with E-state index in [1.807, 2.05) is 0 Å². The third-order valence-corrected chi connectivity index (χ3v) is 10.6. The highest BCUT2D eigenvalue weighted by molar-refractivity contribution is 5.93. The third-order valence-electron chi connectivity index (χ3n) is 10.6. The van der Waals surface area contributed by atoms with Crippen LogP contribution in [0.15, 0.2) is 11.6 Å². The number of carbonyl (C=O) groups excluding carboxylic acids is 1. The molecule has 33 heavy (non-hydrogen) atoms. The summed E-state index contributed by atoms with van der Waals surface area (Å²) in [6.45, 7) is 9.84. The largest absolute Gasteiger partial charge is 0.481 e. The van der Waals surface area contributed by atoms with Gasteiger partial charge in [-0.25, -0.2) is 0 Å². The number of allylic oxidation sites excluding steroid dienone is 1. The van der Waals surface area contributed by atoms with Crippen molar-refractivity contribution in [2.45, 2.75) is 117 Å². The van der Waals surface area contributed by atoms with E-state index in [1.165, 1.54) is 57.8 Å². The summed E-state index contributed by atoms with van der Waals surface area (Å²) in [5.41, 5.74) is 2.36. The summed E-state index contributed by atoms with van der Waals surface area (Å²) in [5.74, 6) is 2.86. The molecule has 0 spiro atoms. The van der Waals surface area contributed by atoms with Crippen molar-refractivity contribution in [1.82, 2.24) is 5.32 Å². The first-order valence-corrected chi connectivity index (χ1v) is 13.8. The van der Waals surface area contributed by atoms with Crippen molar-refractivity contribution in [3.63, 3.8) is 0 Å². The normalized spacial score (nSPS) is 39.9. The van der Waals surface area contributed by atoms with Gasteiger partial charge in [0.05, 0.1) is 0 Å². The van der Waals surface area contributed by atoms with Crippen molar-refractivity contribution in [3.05, 3.63) is 11.6 Å². The van der Waals surface area contributed by atoms with E-state index in [4.69, 9.17) is 5.11 Å². The number of amides is 1. The number of hydrogen-bond acceptors (Lipinski definition) is 2. The first kappa shape index (κ1) is 24.8. The first-order chi connectivity index (χ1) is 15.6. The molecule has 3 fully saturated rings. The van der Waals surface area contributed by atoms with Gasteiger partial charge in [-0.05, 0) is 98.2 Å². The molecule has 4 rings (SSSR count). The van der Waals surface area contributed by atoms with Gasteiger partial charge in [-0.15, -0.1) is 0 Å². The SMILES string of the molecule is CC(C)CCCCC1CCC2C3CC=C4CC(NC(=O)CC(=O)O)CCC4(C)C3CCC12C. The standard InChI is InChI=1S/C29H47NO3/c1-19(2)7-5-6-8-20-10-12-24-23-11-9-21-17-22(30-26(31)18-27(32)33)13-15-29(21,4)25(23)14-16-28(20,24)3/h9,19-20,22-25H,5-8,10-18H2,1-4H3,(H,30,31)(H,32,33). The zero-order valence-electron chi connectivity index (χ0n) is 21.5. The molecular formula is C29H47NO3. The highest BCUT2D eigenvalue weighted by Gasteiger charge is 2.58. The first-order valence-electron chi connectivity index (χ1n) is 13.8. The monoisotopic (exact) mass is 457 g/mol. The number of carboxylic acids is 1. The number of hydrogen-bond donors (Lipinski definition) is 2. The number of carboxylic acid groups (broad SMARTS) is 1. The summed E-state index contributed by atoms with van der Waals surface area (Å²) < 4.78 is 0. The van der Waals surface area contributed by atoms with Gasteiger partial charge in [0.25, 0.3) is 0 Å². The molecule has 0 aromatic heterocycles. The summed E-state index contributed by atoms with van der Waals surface area (Å²) in [7, 11) is 0. The maximum Gasteiger partial charge on any atom is 0.312 e. The highest BCUT2D eigenvalue weighted by Crippen LogP contribution is 2.66. The lowest BCUT2D eigenvalue weighted by Crippen LogP contribution is -2.51. The van der Waals surface area contributed by atoms with Gasteiger partial charge < -0.3 is 10.4 Å². The molecule has 4 aliphatic rings. The number of nitrogens with one attached hydrogen (secondary N) is 1. The van der Waals surface area contributed by atoms with Crippen LogP contribution >= 0.6 is 0 Å². The summed E-state index contributed by atoms with van der Waals surface area (Å²) in [6, 6.07) is 0.100. The van der Waals surface area contributed by atoms with E-state index in [9.17, 15) is 9.59 Å². The predicted octanol–water partition coefficient (Wildman–Crippen LogP) is 6.74. The Bertz CT molecular complexity index is 773. The lowest BCUT2D eigenvalue weighted by molar-refractivity contribution is -0.141. The third kappa shape index (κ3) is 4.91. The van der Waals surface area contributed by atoms with Crippen molar-refractivity contribution in [2.75, 3.05) is 0 Å². The molecule has 0 aromatic rings. The Morgan fingerprint density at radius 1 is 1.09 bits per heavy atom. The van der Waals surface area contributed by atoms with E-state index in [0.717, 1.165) is 48.9 Å². The molecule has 0 radical (unpaired) electrons. The summed E-state index contributed by atoms with van der Waals surface area (Å²) in [6.07, 6.45) is 17.6. The van der Waals surface area contributed by atoms with Gasteiger partial charge in [-0.1, -0.05) is 58.6 Å². The summed E-state index contributed by atoms with van der Waals surface area (Å²) in [4.78, 5) is 22.9. The van der Waals surface area contributed by atoms with Crippen LogP contribution in [0.4, 0.5) is 0 Å². The molecule has 0 bridgehead atoms. The molecule has 4 heteroatoms. The average Bonchev–Trinajstić information content (AvgIpc) is 3.07. The van der Waals surface area contributed by atoms with E-state index < -0.39 is 12.4 Å². The molecule has 0 heterocycles. The van der Waals surface area contributed by atoms with Crippen molar-refractivity contribution in [3.8, 4) is 0 Å². The maximum atomic E-state index is 12.0. The molecule has 186 valence electrons.